The number of carbonyl (C=O) groups is 2. The Morgan fingerprint density at radius 3 is 2.13 bits per heavy atom. The molecule has 0 atom stereocenters. The minimum atomic E-state index is -1.07. The van der Waals surface area contributed by atoms with Gasteiger partial charge in [0.05, 0.1) is 0 Å². The molecule has 0 saturated carbocycles. The van der Waals surface area contributed by atoms with Crippen molar-refractivity contribution in [3.8, 4) is 0 Å². The second-order valence-corrected chi connectivity index (χ2v) is 3.78. The van der Waals surface area contributed by atoms with E-state index >= 15 is 0 Å². The SMILES string of the molecule is Cc1cc(C)cc(CC(=O)CC(=O)O)c1. The van der Waals surface area contributed by atoms with Gasteiger partial charge in [0, 0.05) is 6.42 Å². The molecule has 0 amide bonds. The molecule has 1 rings (SSSR count). The van der Waals surface area contributed by atoms with E-state index in [-0.39, 0.29) is 12.2 Å². The lowest BCUT2D eigenvalue weighted by molar-refractivity contribution is -0.140. The summed E-state index contributed by atoms with van der Waals surface area (Å²) < 4.78 is 0. The molecule has 0 bridgehead atoms. The summed E-state index contributed by atoms with van der Waals surface area (Å²) in [5.41, 5.74) is 3.07. The number of carboxylic acid groups (broad SMARTS) is 1. The van der Waals surface area contributed by atoms with Gasteiger partial charge in [-0.3, -0.25) is 9.59 Å². The summed E-state index contributed by atoms with van der Waals surface area (Å²) in [4.78, 5) is 21.6. The van der Waals surface area contributed by atoms with Crippen LogP contribution in [0.3, 0.4) is 0 Å². The van der Waals surface area contributed by atoms with Crippen molar-refractivity contribution in [1.29, 1.82) is 0 Å². The maximum Gasteiger partial charge on any atom is 0.310 e. The standard InChI is InChI=1S/C12H14O3/c1-8-3-9(2)5-10(4-8)6-11(13)7-12(14)15/h3-5H,6-7H2,1-2H3,(H,14,15). The number of ketones is 1. The lowest BCUT2D eigenvalue weighted by Gasteiger charge is -2.03. The van der Waals surface area contributed by atoms with Crippen LogP contribution in [0.5, 0.6) is 0 Å². The zero-order valence-electron chi connectivity index (χ0n) is 8.91. The first-order chi connectivity index (χ1) is 6.97. The van der Waals surface area contributed by atoms with Gasteiger partial charge >= 0.3 is 5.97 Å². The summed E-state index contributed by atoms with van der Waals surface area (Å²) >= 11 is 0. The number of aliphatic carboxylic acids is 1. The van der Waals surface area contributed by atoms with Crippen molar-refractivity contribution >= 4 is 11.8 Å². The lowest BCUT2D eigenvalue weighted by Crippen LogP contribution is -2.09. The molecule has 0 fully saturated rings. The van der Waals surface area contributed by atoms with E-state index in [1.54, 1.807) is 0 Å². The molecule has 15 heavy (non-hydrogen) atoms. The molecule has 0 spiro atoms. The normalized spacial score (nSPS) is 10.0. The average molecular weight is 206 g/mol. The first-order valence-corrected chi connectivity index (χ1v) is 4.78. The minimum absolute atomic E-state index is 0.203. The molecule has 0 heterocycles. The maximum absolute atomic E-state index is 11.3. The Balaban J connectivity index is 2.72. The van der Waals surface area contributed by atoms with E-state index in [0.29, 0.717) is 0 Å². The van der Waals surface area contributed by atoms with E-state index in [0.717, 1.165) is 16.7 Å². The smallest absolute Gasteiger partial charge is 0.310 e. The van der Waals surface area contributed by atoms with Crippen molar-refractivity contribution in [2.75, 3.05) is 0 Å². The molecule has 1 aromatic carbocycles. The zero-order valence-corrected chi connectivity index (χ0v) is 8.91. The monoisotopic (exact) mass is 206 g/mol. The van der Waals surface area contributed by atoms with Gasteiger partial charge in [-0.2, -0.15) is 0 Å². The lowest BCUT2D eigenvalue weighted by atomic mass is 10.0. The van der Waals surface area contributed by atoms with E-state index in [2.05, 4.69) is 0 Å². The zero-order chi connectivity index (χ0) is 11.4. The minimum Gasteiger partial charge on any atom is -0.481 e. The second kappa shape index (κ2) is 4.73. The molecule has 80 valence electrons. The fourth-order valence-corrected chi connectivity index (χ4v) is 1.63. The molecule has 0 unspecified atom stereocenters. The summed E-state index contributed by atoms with van der Waals surface area (Å²) in [6, 6.07) is 5.84. The Labute approximate surface area is 88.7 Å². The highest BCUT2D eigenvalue weighted by atomic mass is 16.4. The molecule has 1 N–H and O–H groups in total. The third kappa shape index (κ3) is 3.94. The number of aryl methyl sites for hydroxylation is 2. The van der Waals surface area contributed by atoms with Crippen molar-refractivity contribution in [3.05, 3.63) is 34.9 Å². The quantitative estimate of drug-likeness (QED) is 0.765. The van der Waals surface area contributed by atoms with Crippen LogP contribution in [-0.4, -0.2) is 16.9 Å². The van der Waals surface area contributed by atoms with Crippen LogP contribution in [0.1, 0.15) is 23.1 Å². The first kappa shape index (κ1) is 11.4. The number of benzene rings is 1. The Morgan fingerprint density at radius 2 is 1.67 bits per heavy atom. The molecular weight excluding hydrogens is 192 g/mol. The van der Waals surface area contributed by atoms with E-state index in [1.807, 2.05) is 32.0 Å². The summed E-state index contributed by atoms with van der Waals surface area (Å²) in [5, 5.41) is 8.45. The van der Waals surface area contributed by atoms with Gasteiger partial charge < -0.3 is 5.11 Å². The van der Waals surface area contributed by atoms with Crippen LogP contribution < -0.4 is 0 Å². The highest BCUT2D eigenvalue weighted by Gasteiger charge is 2.08. The van der Waals surface area contributed by atoms with E-state index in [9.17, 15) is 9.59 Å². The average Bonchev–Trinajstić information content (AvgIpc) is 1.98. The summed E-state index contributed by atoms with van der Waals surface area (Å²) in [7, 11) is 0. The highest BCUT2D eigenvalue weighted by molar-refractivity contribution is 5.95. The van der Waals surface area contributed by atoms with Gasteiger partial charge in [-0.05, 0) is 19.4 Å². The number of Topliss-reactive ketones (excluding diaryl/α,β-unsaturated/α-hetero) is 1. The van der Waals surface area contributed by atoms with Crippen LogP contribution in [0.25, 0.3) is 0 Å². The van der Waals surface area contributed by atoms with Crippen molar-refractivity contribution < 1.29 is 14.7 Å². The largest absolute Gasteiger partial charge is 0.481 e. The van der Waals surface area contributed by atoms with Gasteiger partial charge in [0.1, 0.15) is 12.2 Å². The number of carbonyl (C=O) groups excluding carboxylic acids is 1. The van der Waals surface area contributed by atoms with Gasteiger partial charge in [0.2, 0.25) is 0 Å². The molecule has 0 aromatic heterocycles. The van der Waals surface area contributed by atoms with Gasteiger partial charge in [0.25, 0.3) is 0 Å². The predicted octanol–water partition coefficient (Wildman–Crippen LogP) is 1.89. The number of rotatable bonds is 4. The molecule has 3 heteroatoms. The molecule has 0 saturated heterocycles. The van der Waals surface area contributed by atoms with Crippen LogP contribution in [0.15, 0.2) is 18.2 Å². The number of hydrogen-bond acceptors (Lipinski definition) is 2. The molecule has 0 aliphatic carbocycles. The Bertz CT molecular complexity index is 374. The van der Waals surface area contributed by atoms with E-state index in [4.69, 9.17) is 5.11 Å². The second-order valence-electron chi connectivity index (χ2n) is 3.78. The van der Waals surface area contributed by atoms with Gasteiger partial charge in [0.15, 0.2) is 0 Å². The van der Waals surface area contributed by atoms with Gasteiger partial charge in [-0.25, -0.2) is 0 Å². The summed E-state index contributed by atoms with van der Waals surface area (Å²) in [6.07, 6.45) is -0.193. The van der Waals surface area contributed by atoms with Gasteiger partial charge in [-0.1, -0.05) is 29.3 Å². The number of carboxylic acids is 1. The molecule has 0 aliphatic rings. The van der Waals surface area contributed by atoms with Crippen molar-refractivity contribution in [2.45, 2.75) is 26.7 Å². The third-order valence-electron chi connectivity index (χ3n) is 2.03. The summed E-state index contributed by atoms with van der Waals surface area (Å²) in [5.74, 6) is -1.32. The molecule has 3 nitrogen and oxygen atoms in total. The number of hydrogen-bond donors (Lipinski definition) is 1. The van der Waals surface area contributed by atoms with Crippen LogP contribution >= 0.6 is 0 Å². The topological polar surface area (TPSA) is 54.4 Å². The molecule has 0 radical (unpaired) electrons. The first-order valence-electron chi connectivity index (χ1n) is 4.78. The third-order valence-corrected chi connectivity index (χ3v) is 2.03. The van der Waals surface area contributed by atoms with Crippen LogP contribution in [-0.2, 0) is 16.0 Å². The molecule has 1 aromatic rings. The van der Waals surface area contributed by atoms with Crippen LogP contribution in [0.2, 0.25) is 0 Å². The van der Waals surface area contributed by atoms with E-state index < -0.39 is 12.4 Å². The maximum atomic E-state index is 11.3. The van der Waals surface area contributed by atoms with Crippen LogP contribution in [0.4, 0.5) is 0 Å². The fourth-order valence-electron chi connectivity index (χ4n) is 1.63. The molecule has 0 aliphatic heterocycles. The summed E-state index contributed by atoms with van der Waals surface area (Å²) in [6.45, 7) is 3.91. The van der Waals surface area contributed by atoms with Crippen LogP contribution in [0, 0.1) is 13.8 Å². The fraction of sp³-hybridized carbons (Fsp3) is 0.333. The molecular formula is C12H14O3. The van der Waals surface area contributed by atoms with Crippen molar-refractivity contribution in [1.82, 2.24) is 0 Å². The Morgan fingerprint density at radius 1 is 1.13 bits per heavy atom. The van der Waals surface area contributed by atoms with Gasteiger partial charge in [-0.15, -0.1) is 0 Å². The van der Waals surface area contributed by atoms with Crippen molar-refractivity contribution in [3.63, 3.8) is 0 Å². The Kier molecular flexibility index (Phi) is 3.61. The van der Waals surface area contributed by atoms with Crippen molar-refractivity contribution in [2.24, 2.45) is 0 Å². The highest BCUT2D eigenvalue weighted by Crippen LogP contribution is 2.10. The predicted molar refractivity (Wildman–Crippen MR) is 56.9 cm³/mol. The Hall–Kier alpha value is -1.64. The van der Waals surface area contributed by atoms with E-state index in [1.165, 1.54) is 0 Å².